The molecule has 3 amide bonds. The molecule has 1 aromatic carbocycles. The smallest absolute Gasteiger partial charge is 0.257 e. The normalized spacial score (nSPS) is 19.6. The number of rotatable bonds is 4. The summed E-state index contributed by atoms with van der Waals surface area (Å²) in [6.45, 7) is -0.285. The Bertz CT molecular complexity index is 940. The Kier molecular flexibility index (Phi) is 4.21. The van der Waals surface area contributed by atoms with E-state index >= 15 is 0 Å². The molecule has 1 atom stereocenters. The van der Waals surface area contributed by atoms with Crippen molar-refractivity contribution in [3.8, 4) is 11.1 Å². The molecule has 1 aromatic heterocycles. The number of nitrogens with one attached hydrogen (secondary N) is 1. The van der Waals surface area contributed by atoms with E-state index in [1.807, 2.05) is 0 Å². The van der Waals surface area contributed by atoms with Crippen molar-refractivity contribution >= 4 is 17.7 Å². The summed E-state index contributed by atoms with van der Waals surface area (Å²) < 4.78 is 26.3. The monoisotopic (exact) mass is 374 g/mol. The minimum Gasteiger partial charge on any atom is -0.322 e. The Labute approximate surface area is 152 Å². The van der Waals surface area contributed by atoms with Crippen LogP contribution in [0.25, 0.3) is 11.1 Å². The van der Waals surface area contributed by atoms with Gasteiger partial charge in [-0.15, -0.1) is 0 Å². The number of aromatic nitrogens is 2. The van der Waals surface area contributed by atoms with E-state index in [4.69, 9.17) is 0 Å². The molecule has 2 aromatic rings. The van der Waals surface area contributed by atoms with Crippen molar-refractivity contribution in [2.24, 2.45) is 0 Å². The van der Waals surface area contributed by atoms with Gasteiger partial charge in [0, 0.05) is 30.3 Å². The Balaban J connectivity index is 1.64. The van der Waals surface area contributed by atoms with Crippen LogP contribution in [0.3, 0.4) is 0 Å². The number of hydrogen-bond donors (Lipinski definition) is 1. The molecule has 0 radical (unpaired) electrons. The zero-order valence-electron chi connectivity index (χ0n) is 14.2. The summed E-state index contributed by atoms with van der Waals surface area (Å²) in [6.07, 6.45) is 0.956. The molecule has 3 heterocycles. The van der Waals surface area contributed by atoms with E-state index in [0.29, 0.717) is 11.1 Å². The summed E-state index contributed by atoms with van der Waals surface area (Å²) in [5, 5.41) is 6.21. The predicted molar refractivity (Wildman–Crippen MR) is 89.7 cm³/mol. The van der Waals surface area contributed by atoms with Crippen LogP contribution in [0.4, 0.5) is 8.78 Å². The van der Waals surface area contributed by atoms with Crippen LogP contribution in [-0.4, -0.2) is 44.9 Å². The second kappa shape index (κ2) is 6.57. The van der Waals surface area contributed by atoms with Crippen molar-refractivity contribution in [2.75, 3.05) is 0 Å². The van der Waals surface area contributed by atoms with Crippen molar-refractivity contribution in [2.45, 2.75) is 38.4 Å². The molecule has 0 saturated carbocycles. The molecular weight excluding hydrogens is 358 g/mol. The minimum absolute atomic E-state index is 0.184. The first kappa shape index (κ1) is 17.3. The van der Waals surface area contributed by atoms with Gasteiger partial charge in [-0.2, -0.15) is 5.10 Å². The van der Waals surface area contributed by atoms with E-state index < -0.39 is 24.9 Å². The summed E-state index contributed by atoms with van der Waals surface area (Å²) in [7, 11) is 0. The number of carbonyl (C=O) groups excluding carboxylic acids is 3. The Morgan fingerprint density at radius 1 is 1.22 bits per heavy atom. The molecule has 9 heteroatoms. The van der Waals surface area contributed by atoms with Crippen LogP contribution in [-0.2, 0) is 22.7 Å². The van der Waals surface area contributed by atoms with Gasteiger partial charge in [-0.25, -0.2) is 8.78 Å². The average molecular weight is 374 g/mol. The number of carbonyl (C=O) groups is 3. The number of benzene rings is 1. The van der Waals surface area contributed by atoms with Gasteiger partial charge in [0.15, 0.2) is 0 Å². The quantitative estimate of drug-likeness (QED) is 0.824. The molecule has 7 nitrogen and oxygen atoms in total. The highest BCUT2D eigenvalue weighted by atomic mass is 19.3. The molecule has 2 aliphatic rings. The Hall–Kier alpha value is -3.10. The number of piperidine rings is 1. The third-order valence-electron chi connectivity index (χ3n) is 4.85. The molecule has 27 heavy (non-hydrogen) atoms. The molecule has 0 aliphatic carbocycles. The molecule has 140 valence electrons. The predicted octanol–water partition coefficient (Wildman–Crippen LogP) is 1.58. The average Bonchev–Trinajstić information content (AvgIpc) is 3.19. The van der Waals surface area contributed by atoms with Crippen LogP contribution in [0, 0.1) is 0 Å². The van der Waals surface area contributed by atoms with Gasteiger partial charge >= 0.3 is 0 Å². The molecule has 2 aliphatic heterocycles. The maximum absolute atomic E-state index is 12.8. The second-order valence-electron chi connectivity index (χ2n) is 6.57. The first-order chi connectivity index (χ1) is 12.9. The van der Waals surface area contributed by atoms with E-state index in [1.54, 1.807) is 18.2 Å². The van der Waals surface area contributed by atoms with Crippen LogP contribution in [0.2, 0.25) is 0 Å². The van der Waals surface area contributed by atoms with Gasteiger partial charge in [-0.1, -0.05) is 12.1 Å². The topological polar surface area (TPSA) is 84.3 Å². The van der Waals surface area contributed by atoms with E-state index in [9.17, 15) is 23.2 Å². The maximum Gasteiger partial charge on any atom is 0.257 e. The summed E-state index contributed by atoms with van der Waals surface area (Å²) >= 11 is 0. The minimum atomic E-state index is -2.51. The molecule has 1 N–H and O–H groups in total. The fourth-order valence-corrected chi connectivity index (χ4v) is 3.60. The number of amides is 3. The lowest BCUT2D eigenvalue weighted by Gasteiger charge is -2.29. The third kappa shape index (κ3) is 3.09. The van der Waals surface area contributed by atoms with Crippen molar-refractivity contribution in [1.29, 1.82) is 0 Å². The van der Waals surface area contributed by atoms with Crippen LogP contribution in [0.15, 0.2) is 30.6 Å². The van der Waals surface area contributed by atoms with E-state index in [1.165, 1.54) is 17.3 Å². The van der Waals surface area contributed by atoms with Crippen molar-refractivity contribution in [3.05, 3.63) is 41.7 Å². The van der Waals surface area contributed by atoms with E-state index in [2.05, 4.69) is 10.4 Å². The largest absolute Gasteiger partial charge is 0.322 e. The lowest BCUT2D eigenvalue weighted by atomic mass is 9.99. The molecular formula is C18H16F2N4O3. The number of alkyl halides is 2. The van der Waals surface area contributed by atoms with Crippen LogP contribution in [0.1, 0.15) is 28.8 Å². The van der Waals surface area contributed by atoms with Crippen LogP contribution >= 0.6 is 0 Å². The molecule has 0 bridgehead atoms. The van der Waals surface area contributed by atoms with E-state index in [0.717, 1.165) is 15.8 Å². The van der Waals surface area contributed by atoms with Gasteiger partial charge in [0.25, 0.3) is 12.3 Å². The maximum atomic E-state index is 12.8. The third-order valence-corrected chi connectivity index (χ3v) is 4.85. The zero-order valence-corrected chi connectivity index (χ0v) is 14.2. The Morgan fingerprint density at radius 2 is 2.00 bits per heavy atom. The summed E-state index contributed by atoms with van der Waals surface area (Å²) in [4.78, 5) is 37.7. The highest BCUT2D eigenvalue weighted by Crippen LogP contribution is 2.34. The van der Waals surface area contributed by atoms with Crippen molar-refractivity contribution in [1.82, 2.24) is 20.0 Å². The number of hydrogen-bond acceptors (Lipinski definition) is 4. The van der Waals surface area contributed by atoms with Gasteiger partial charge in [0.2, 0.25) is 11.8 Å². The van der Waals surface area contributed by atoms with Gasteiger partial charge < -0.3 is 4.90 Å². The first-order valence-corrected chi connectivity index (χ1v) is 8.51. The fraction of sp³-hybridized carbons (Fsp3) is 0.333. The van der Waals surface area contributed by atoms with Crippen molar-refractivity contribution in [3.63, 3.8) is 0 Å². The number of imide groups is 1. The highest BCUT2D eigenvalue weighted by molar-refractivity contribution is 6.06. The Morgan fingerprint density at radius 3 is 2.74 bits per heavy atom. The summed E-state index contributed by atoms with van der Waals surface area (Å²) in [6, 6.07) is 4.49. The summed E-state index contributed by atoms with van der Waals surface area (Å²) in [5.41, 5.74) is 2.55. The molecule has 0 spiro atoms. The van der Waals surface area contributed by atoms with Gasteiger partial charge in [0.05, 0.1) is 6.20 Å². The molecule has 1 fully saturated rings. The summed E-state index contributed by atoms with van der Waals surface area (Å²) in [5.74, 6) is -1.09. The molecule has 4 rings (SSSR count). The van der Waals surface area contributed by atoms with Crippen LogP contribution in [0.5, 0.6) is 0 Å². The lowest BCUT2D eigenvalue weighted by molar-refractivity contribution is -0.136. The van der Waals surface area contributed by atoms with Gasteiger partial charge in [0.1, 0.15) is 12.6 Å². The van der Waals surface area contributed by atoms with Gasteiger partial charge in [-0.3, -0.25) is 24.4 Å². The van der Waals surface area contributed by atoms with Gasteiger partial charge in [-0.05, 0) is 23.6 Å². The second-order valence-corrected chi connectivity index (χ2v) is 6.57. The number of nitrogens with zero attached hydrogens (tertiary/aromatic N) is 3. The molecule has 1 saturated heterocycles. The first-order valence-electron chi connectivity index (χ1n) is 8.51. The fourth-order valence-electron chi connectivity index (χ4n) is 3.60. The standard InChI is InChI=1S/C18H16F2N4O3/c19-15(20)9-23-7-10(6-21-23)11-2-1-3-12-13(11)8-24(18(12)27)14-4-5-16(25)22-17(14)26/h1-3,6-7,14-15H,4-5,8-9H2,(H,22,25,26). The zero-order chi connectivity index (χ0) is 19.1. The lowest BCUT2D eigenvalue weighted by Crippen LogP contribution is -2.52. The molecule has 1 unspecified atom stereocenters. The van der Waals surface area contributed by atoms with E-state index in [-0.39, 0.29) is 31.2 Å². The van der Waals surface area contributed by atoms with Crippen LogP contribution < -0.4 is 5.32 Å². The number of fused-ring (bicyclic) bond motifs is 1. The highest BCUT2D eigenvalue weighted by Gasteiger charge is 2.39. The number of halogens is 2. The van der Waals surface area contributed by atoms with Crippen molar-refractivity contribution < 1.29 is 23.2 Å². The SMILES string of the molecule is O=C1CCC(N2Cc3c(cccc3-c3cnn(CC(F)F)c3)C2=O)C(=O)N1.